The Labute approximate surface area is 545 Å². The smallest absolute Gasteiger partial charge is 0.241 e. The molecule has 20 rings (SSSR count). The van der Waals surface area contributed by atoms with Crippen LogP contribution in [0.15, 0.2) is 328 Å². The van der Waals surface area contributed by atoms with E-state index in [4.69, 9.17) is 15.0 Å². The first-order chi connectivity index (χ1) is 47.1. The Kier molecular flexibility index (Phi) is 11.6. The van der Waals surface area contributed by atoms with Gasteiger partial charge < -0.3 is 9.13 Å². The van der Waals surface area contributed by atoms with Crippen LogP contribution in [0.3, 0.4) is 0 Å². The van der Waals surface area contributed by atoms with Crippen LogP contribution in [0.1, 0.15) is 0 Å². The zero-order valence-corrected chi connectivity index (χ0v) is 51.3. The molecule has 6 heterocycles. The van der Waals surface area contributed by atoms with Crippen LogP contribution in [-0.2, 0) is 0 Å². The quantitative estimate of drug-likeness (QED) is 0.145. The van der Waals surface area contributed by atoms with Crippen LogP contribution < -0.4 is 0 Å². The SMILES string of the molecule is c1ccc(-c2ccc3c(c2)c2cc(-c4ccccc4)ccc2n3-c2ccc3c(c2)c2cc(-n4c5ccc(-c6ccccc6)cc5c5cc(-c6ccccc6)ccc54)ccc2n3-c2nc(-n3c4ccccc4c4ccccc43)nc(-n3c4ccccc4c4ccccc43)n2)cc1. The van der Waals surface area contributed by atoms with Crippen LogP contribution in [0.5, 0.6) is 0 Å². The van der Waals surface area contributed by atoms with Gasteiger partial charge in [-0.2, -0.15) is 15.0 Å². The van der Waals surface area contributed by atoms with Gasteiger partial charge in [0.25, 0.3) is 0 Å². The van der Waals surface area contributed by atoms with Crippen molar-refractivity contribution in [3.05, 3.63) is 328 Å². The second-order valence-electron chi connectivity index (χ2n) is 24.8. The number of aromatic nitrogens is 8. The molecule has 95 heavy (non-hydrogen) atoms. The molecule has 0 saturated heterocycles. The molecule has 0 fully saturated rings. The van der Waals surface area contributed by atoms with E-state index < -0.39 is 0 Å². The van der Waals surface area contributed by atoms with E-state index in [-0.39, 0.29) is 0 Å². The van der Waals surface area contributed by atoms with Gasteiger partial charge in [0.05, 0.1) is 55.2 Å². The fourth-order valence-corrected chi connectivity index (χ4v) is 15.3. The Balaban J connectivity index is 0.881. The highest BCUT2D eigenvalue weighted by molar-refractivity contribution is 6.16. The van der Waals surface area contributed by atoms with Crippen molar-refractivity contribution in [3.8, 4) is 73.7 Å². The summed E-state index contributed by atoms with van der Waals surface area (Å²) in [5, 5.41) is 11.3. The van der Waals surface area contributed by atoms with Gasteiger partial charge in [-0.3, -0.25) is 13.7 Å². The summed E-state index contributed by atoms with van der Waals surface area (Å²) in [5.74, 6) is 1.52. The number of nitrogens with zero attached hydrogens (tertiary/aromatic N) is 8. The van der Waals surface area contributed by atoms with Crippen LogP contribution >= 0.6 is 0 Å². The van der Waals surface area contributed by atoms with Gasteiger partial charge in [0.1, 0.15) is 0 Å². The molecule has 6 aromatic heterocycles. The van der Waals surface area contributed by atoms with E-state index in [9.17, 15) is 0 Å². The number of benzene rings is 14. The molecule has 0 aliphatic heterocycles. The van der Waals surface area contributed by atoms with E-state index in [1.807, 2.05) is 0 Å². The standard InChI is InChI=1S/C87H54N8/c1-5-21-55(22-6-1)59-37-43-79-69(49-59)70-50-60(56-23-7-2-8-24-56)38-44-80(70)91(79)63-41-47-83-73(53-63)74-54-64(92-81-45-39-61(57-25-9-3-10-26-57)51-71(81)72-52-62(40-46-82(72)92)58-27-11-4-12-28-58)42-48-84(74)95(83)87-89-85(93-75-33-17-13-29-65(75)66-30-14-18-34-76(66)93)88-86(90-87)94-77-35-19-15-31-67(77)68-32-16-20-36-78(68)94/h1-54H. The average Bonchev–Trinajstić information content (AvgIpc) is 1.56. The molecule has 8 nitrogen and oxygen atoms in total. The van der Waals surface area contributed by atoms with Crippen molar-refractivity contribution < 1.29 is 0 Å². The molecule has 0 spiro atoms. The molecule has 20 aromatic rings. The second kappa shape index (κ2) is 20.8. The van der Waals surface area contributed by atoms with E-state index in [0.717, 1.165) is 98.9 Å². The summed E-state index contributed by atoms with van der Waals surface area (Å²) in [5.41, 5.74) is 21.9. The first kappa shape index (κ1) is 52.8. The fraction of sp³-hybridized carbons (Fsp3) is 0. The van der Waals surface area contributed by atoms with Crippen molar-refractivity contribution in [1.29, 1.82) is 0 Å². The summed E-state index contributed by atoms with van der Waals surface area (Å²) >= 11 is 0. The third-order valence-corrected chi connectivity index (χ3v) is 19.6. The maximum absolute atomic E-state index is 5.71. The van der Waals surface area contributed by atoms with Gasteiger partial charge in [-0.05, 0) is 154 Å². The second-order valence-corrected chi connectivity index (χ2v) is 24.8. The molecular weight excluding hydrogens is 1160 g/mol. The highest BCUT2D eigenvalue weighted by Crippen LogP contribution is 2.44. The first-order valence-corrected chi connectivity index (χ1v) is 32.3. The van der Waals surface area contributed by atoms with Crippen LogP contribution in [0.25, 0.3) is 183 Å². The third kappa shape index (κ3) is 8.18. The van der Waals surface area contributed by atoms with E-state index in [1.54, 1.807) is 0 Å². The normalized spacial score (nSPS) is 12.0. The van der Waals surface area contributed by atoms with Crippen LogP contribution in [0.4, 0.5) is 0 Å². The Hall–Kier alpha value is -12.9. The molecule has 0 saturated carbocycles. The lowest BCUT2D eigenvalue weighted by molar-refractivity contribution is 0.848. The van der Waals surface area contributed by atoms with Gasteiger partial charge in [0.15, 0.2) is 0 Å². The molecule has 0 aliphatic carbocycles. The third-order valence-electron chi connectivity index (χ3n) is 19.6. The predicted octanol–water partition coefficient (Wildman–Crippen LogP) is 22.0. The maximum Gasteiger partial charge on any atom is 0.241 e. The number of hydrogen-bond acceptors (Lipinski definition) is 3. The summed E-state index contributed by atoms with van der Waals surface area (Å²) < 4.78 is 11.6. The lowest BCUT2D eigenvalue weighted by Gasteiger charge is -2.14. The highest BCUT2D eigenvalue weighted by Gasteiger charge is 2.26. The monoisotopic (exact) mass is 1210 g/mol. The Morgan fingerprint density at radius 3 is 0.632 bits per heavy atom. The van der Waals surface area contributed by atoms with E-state index in [2.05, 4.69) is 350 Å². The minimum atomic E-state index is 0.492. The average molecular weight is 1210 g/mol. The number of fused-ring (bicyclic) bond motifs is 15. The molecule has 442 valence electrons. The molecule has 0 radical (unpaired) electrons. The molecular formula is C87H54N8. The van der Waals surface area contributed by atoms with Crippen molar-refractivity contribution in [2.45, 2.75) is 0 Å². The van der Waals surface area contributed by atoms with Gasteiger partial charge >= 0.3 is 0 Å². The van der Waals surface area contributed by atoms with E-state index in [0.29, 0.717) is 17.8 Å². The Morgan fingerprint density at radius 1 is 0.147 bits per heavy atom. The zero-order valence-electron chi connectivity index (χ0n) is 51.3. The summed E-state index contributed by atoms with van der Waals surface area (Å²) in [6, 6.07) is 119. The predicted molar refractivity (Wildman–Crippen MR) is 393 cm³/mol. The minimum Gasteiger partial charge on any atom is -0.309 e. The maximum atomic E-state index is 5.71. The van der Waals surface area contributed by atoms with Crippen LogP contribution in [-0.4, -0.2) is 37.8 Å². The minimum absolute atomic E-state index is 0.492. The van der Waals surface area contributed by atoms with Gasteiger partial charge in [0, 0.05) is 65.2 Å². The molecule has 0 aliphatic rings. The van der Waals surface area contributed by atoms with Gasteiger partial charge in [-0.15, -0.1) is 0 Å². The van der Waals surface area contributed by atoms with Crippen LogP contribution in [0, 0.1) is 0 Å². The van der Waals surface area contributed by atoms with Gasteiger partial charge in [0.2, 0.25) is 17.8 Å². The molecule has 0 N–H and O–H groups in total. The lowest BCUT2D eigenvalue weighted by Crippen LogP contribution is -2.13. The topological polar surface area (TPSA) is 63.3 Å². The molecule has 0 amide bonds. The van der Waals surface area contributed by atoms with Crippen molar-refractivity contribution in [2.75, 3.05) is 0 Å². The molecule has 14 aromatic carbocycles. The van der Waals surface area contributed by atoms with Crippen molar-refractivity contribution in [2.24, 2.45) is 0 Å². The highest BCUT2D eigenvalue weighted by atomic mass is 15.3. The zero-order chi connectivity index (χ0) is 62.2. The lowest BCUT2D eigenvalue weighted by atomic mass is 10.0. The van der Waals surface area contributed by atoms with Crippen LogP contribution in [0.2, 0.25) is 0 Å². The van der Waals surface area contributed by atoms with E-state index in [1.165, 1.54) is 66.1 Å². The number of rotatable bonds is 9. The summed E-state index contributed by atoms with van der Waals surface area (Å²) in [6.45, 7) is 0. The summed E-state index contributed by atoms with van der Waals surface area (Å²) in [6.07, 6.45) is 0. The largest absolute Gasteiger partial charge is 0.309 e. The molecule has 0 unspecified atom stereocenters. The van der Waals surface area contributed by atoms with Crippen molar-refractivity contribution in [3.63, 3.8) is 0 Å². The van der Waals surface area contributed by atoms with Crippen molar-refractivity contribution >= 4 is 109 Å². The molecule has 0 bridgehead atoms. The number of hydrogen-bond donors (Lipinski definition) is 0. The fourth-order valence-electron chi connectivity index (χ4n) is 15.3. The van der Waals surface area contributed by atoms with Gasteiger partial charge in [-0.25, -0.2) is 0 Å². The number of para-hydroxylation sites is 4. The molecule has 8 heteroatoms. The first-order valence-electron chi connectivity index (χ1n) is 32.3. The van der Waals surface area contributed by atoms with Gasteiger partial charge in [-0.1, -0.05) is 218 Å². The summed E-state index contributed by atoms with van der Waals surface area (Å²) in [4.78, 5) is 17.0. The van der Waals surface area contributed by atoms with Crippen molar-refractivity contribution in [1.82, 2.24) is 37.8 Å². The Morgan fingerprint density at radius 2 is 0.358 bits per heavy atom. The Bertz CT molecular complexity index is 5820. The van der Waals surface area contributed by atoms with E-state index >= 15 is 0 Å². The summed E-state index contributed by atoms with van der Waals surface area (Å²) in [7, 11) is 0. The molecule has 0 atom stereocenters.